The molecule has 18 heavy (non-hydrogen) atoms. The normalized spacial score (nSPS) is 24.3. The lowest BCUT2D eigenvalue weighted by Crippen LogP contribution is -2.52. The molecular weight excluding hydrogens is 232 g/mol. The Morgan fingerprint density at radius 1 is 1.56 bits per heavy atom. The van der Waals surface area contributed by atoms with Gasteiger partial charge >= 0.3 is 0 Å². The Balaban J connectivity index is 2.19. The van der Waals surface area contributed by atoms with Gasteiger partial charge in [-0.2, -0.15) is 0 Å². The van der Waals surface area contributed by atoms with Crippen LogP contribution in [-0.2, 0) is 4.74 Å². The van der Waals surface area contributed by atoms with Crippen LogP contribution < -0.4 is 5.73 Å². The zero-order valence-corrected chi connectivity index (χ0v) is 11.1. The first-order valence-electron chi connectivity index (χ1n) is 6.22. The molecule has 0 saturated carbocycles. The van der Waals surface area contributed by atoms with E-state index in [1.807, 2.05) is 25.7 Å². The van der Waals surface area contributed by atoms with E-state index >= 15 is 0 Å². The van der Waals surface area contributed by atoms with Gasteiger partial charge in [0.15, 0.2) is 0 Å². The monoisotopic (exact) mass is 252 g/mol. The van der Waals surface area contributed by atoms with Crippen molar-refractivity contribution < 1.29 is 13.9 Å². The first-order chi connectivity index (χ1) is 8.52. The molecule has 1 aliphatic rings. The number of morpholine rings is 1. The SMILES string of the molecule is Cc1cc(C(=O)N2CC(CN)OCC2C)c(C)o1. The van der Waals surface area contributed by atoms with E-state index in [-0.39, 0.29) is 18.1 Å². The molecule has 1 aliphatic heterocycles. The second kappa shape index (κ2) is 5.12. The molecule has 1 aromatic rings. The second-order valence-corrected chi connectivity index (χ2v) is 4.82. The summed E-state index contributed by atoms with van der Waals surface area (Å²) in [7, 11) is 0. The highest BCUT2D eigenvalue weighted by Gasteiger charge is 2.31. The van der Waals surface area contributed by atoms with Crippen molar-refractivity contribution in [3.8, 4) is 0 Å². The van der Waals surface area contributed by atoms with Gasteiger partial charge in [-0.1, -0.05) is 0 Å². The summed E-state index contributed by atoms with van der Waals surface area (Å²) in [5.74, 6) is 1.42. The average Bonchev–Trinajstić information content (AvgIpc) is 2.68. The standard InChI is InChI=1S/C13H20N2O3/c1-8-7-17-11(5-14)6-15(8)13(16)12-4-9(2)18-10(12)3/h4,8,11H,5-7,14H2,1-3H3. The summed E-state index contributed by atoms with van der Waals surface area (Å²) in [5.41, 5.74) is 6.24. The Labute approximate surface area is 107 Å². The van der Waals surface area contributed by atoms with Crippen molar-refractivity contribution in [1.82, 2.24) is 4.90 Å². The quantitative estimate of drug-likeness (QED) is 0.855. The Morgan fingerprint density at radius 3 is 2.83 bits per heavy atom. The summed E-state index contributed by atoms with van der Waals surface area (Å²) in [4.78, 5) is 14.3. The molecule has 0 bridgehead atoms. The highest BCUT2D eigenvalue weighted by Crippen LogP contribution is 2.20. The number of carbonyl (C=O) groups excluding carboxylic acids is 1. The van der Waals surface area contributed by atoms with Crippen molar-refractivity contribution >= 4 is 5.91 Å². The van der Waals surface area contributed by atoms with Crippen molar-refractivity contribution in [2.75, 3.05) is 19.7 Å². The Hall–Kier alpha value is -1.33. The number of nitrogens with zero attached hydrogens (tertiary/aromatic N) is 1. The molecule has 5 nitrogen and oxygen atoms in total. The van der Waals surface area contributed by atoms with Crippen LogP contribution >= 0.6 is 0 Å². The van der Waals surface area contributed by atoms with Crippen LogP contribution in [-0.4, -0.2) is 42.6 Å². The molecule has 2 N–H and O–H groups in total. The first-order valence-corrected chi connectivity index (χ1v) is 6.22. The number of hydrogen-bond acceptors (Lipinski definition) is 4. The number of amides is 1. The molecule has 2 unspecified atom stereocenters. The zero-order valence-electron chi connectivity index (χ0n) is 11.1. The molecule has 100 valence electrons. The molecule has 0 aliphatic carbocycles. The Bertz CT molecular complexity index is 441. The van der Waals surface area contributed by atoms with Gasteiger partial charge in [0.25, 0.3) is 5.91 Å². The van der Waals surface area contributed by atoms with Gasteiger partial charge in [-0.15, -0.1) is 0 Å². The van der Waals surface area contributed by atoms with E-state index < -0.39 is 0 Å². The van der Waals surface area contributed by atoms with Gasteiger partial charge in [-0.25, -0.2) is 0 Å². The van der Waals surface area contributed by atoms with Gasteiger partial charge in [0.05, 0.1) is 24.3 Å². The maximum atomic E-state index is 12.5. The molecule has 0 aromatic carbocycles. The van der Waals surface area contributed by atoms with Crippen LogP contribution in [0.1, 0.15) is 28.8 Å². The largest absolute Gasteiger partial charge is 0.466 e. The number of rotatable bonds is 2. The third-order valence-corrected chi connectivity index (χ3v) is 3.30. The predicted octanol–water partition coefficient (Wildman–Crippen LogP) is 1.08. The topological polar surface area (TPSA) is 68.7 Å². The van der Waals surface area contributed by atoms with Crippen LogP contribution in [0.5, 0.6) is 0 Å². The molecule has 2 atom stereocenters. The molecule has 0 radical (unpaired) electrons. The van der Waals surface area contributed by atoms with E-state index in [1.165, 1.54) is 0 Å². The van der Waals surface area contributed by atoms with Gasteiger partial charge in [0, 0.05) is 13.1 Å². The van der Waals surface area contributed by atoms with Gasteiger partial charge in [0.1, 0.15) is 11.5 Å². The summed E-state index contributed by atoms with van der Waals surface area (Å²) in [6, 6.07) is 1.85. The summed E-state index contributed by atoms with van der Waals surface area (Å²) in [5, 5.41) is 0. The van der Waals surface area contributed by atoms with Crippen LogP contribution in [0.2, 0.25) is 0 Å². The van der Waals surface area contributed by atoms with Crippen LogP contribution in [0.4, 0.5) is 0 Å². The number of carbonyl (C=O) groups is 1. The van der Waals surface area contributed by atoms with Crippen LogP contribution in [0.15, 0.2) is 10.5 Å². The van der Waals surface area contributed by atoms with Crippen molar-refractivity contribution in [2.45, 2.75) is 32.9 Å². The highest BCUT2D eigenvalue weighted by molar-refractivity contribution is 5.95. The van der Waals surface area contributed by atoms with E-state index in [4.69, 9.17) is 14.9 Å². The van der Waals surface area contributed by atoms with E-state index in [0.29, 0.717) is 31.0 Å². The fourth-order valence-electron chi connectivity index (χ4n) is 2.24. The molecule has 1 saturated heterocycles. The van der Waals surface area contributed by atoms with Crippen molar-refractivity contribution in [2.24, 2.45) is 5.73 Å². The highest BCUT2D eigenvalue weighted by atomic mass is 16.5. The predicted molar refractivity (Wildman–Crippen MR) is 67.5 cm³/mol. The van der Waals surface area contributed by atoms with Crippen molar-refractivity contribution in [1.29, 1.82) is 0 Å². The second-order valence-electron chi connectivity index (χ2n) is 4.82. The molecule has 0 spiro atoms. The Morgan fingerprint density at radius 2 is 2.28 bits per heavy atom. The van der Waals surface area contributed by atoms with Gasteiger partial charge in [-0.3, -0.25) is 4.79 Å². The van der Waals surface area contributed by atoms with Crippen molar-refractivity contribution in [3.63, 3.8) is 0 Å². The average molecular weight is 252 g/mol. The number of furan rings is 1. The number of nitrogens with two attached hydrogens (primary N) is 1. The van der Waals surface area contributed by atoms with Gasteiger partial charge < -0.3 is 19.8 Å². The minimum Gasteiger partial charge on any atom is -0.466 e. The number of hydrogen-bond donors (Lipinski definition) is 1. The van der Waals surface area contributed by atoms with Gasteiger partial charge in [0.2, 0.25) is 0 Å². The first kappa shape index (κ1) is 13.1. The lowest BCUT2D eigenvalue weighted by Gasteiger charge is -2.37. The maximum absolute atomic E-state index is 12.5. The molecule has 2 rings (SSSR count). The van der Waals surface area contributed by atoms with Crippen LogP contribution in [0, 0.1) is 13.8 Å². The fraction of sp³-hybridized carbons (Fsp3) is 0.615. The van der Waals surface area contributed by atoms with E-state index in [9.17, 15) is 4.79 Å². The zero-order chi connectivity index (χ0) is 13.3. The molecule has 1 amide bonds. The molecular formula is C13H20N2O3. The summed E-state index contributed by atoms with van der Waals surface area (Å²) in [6.07, 6.45) is -0.0709. The van der Waals surface area contributed by atoms with E-state index in [1.54, 1.807) is 6.07 Å². The molecule has 2 heterocycles. The lowest BCUT2D eigenvalue weighted by molar-refractivity contribution is -0.0426. The third kappa shape index (κ3) is 2.42. The number of ether oxygens (including phenoxy) is 1. The van der Waals surface area contributed by atoms with Crippen LogP contribution in [0.3, 0.4) is 0 Å². The van der Waals surface area contributed by atoms with Gasteiger partial charge in [-0.05, 0) is 26.8 Å². The fourth-order valence-corrected chi connectivity index (χ4v) is 2.24. The van der Waals surface area contributed by atoms with Crippen molar-refractivity contribution in [3.05, 3.63) is 23.2 Å². The minimum absolute atomic E-state index is 0.00130. The maximum Gasteiger partial charge on any atom is 0.257 e. The van der Waals surface area contributed by atoms with Crippen LogP contribution in [0.25, 0.3) is 0 Å². The smallest absolute Gasteiger partial charge is 0.257 e. The van der Waals surface area contributed by atoms with E-state index in [0.717, 1.165) is 5.76 Å². The molecule has 1 fully saturated rings. The molecule has 5 heteroatoms. The summed E-state index contributed by atoms with van der Waals surface area (Å²) >= 11 is 0. The Kier molecular flexibility index (Phi) is 3.73. The molecule has 1 aromatic heterocycles. The third-order valence-electron chi connectivity index (χ3n) is 3.30. The number of aryl methyl sites for hydroxylation is 2. The summed E-state index contributed by atoms with van der Waals surface area (Å²) < 4.78 is 11.0. The summed E-state index contributed by atoms with van der Waals surface area (Å²) in [6.45, 7) is 7.14. The van der Waals surface area contributed by atoms with E-state index in [2.05, 4.69) is 0 Å². The minimum atomic E-state index is -0.0709. The lowest BCUT2D eigenvalue weighted by atomic mass is 10.1.